The maximum Gasteiger partial charge on any atom is 0.332 e. The molecule has 0 aromatic heterocycles. The van der Waals surface area contributed by atoms with Gasteiger partial charge in [0.15, 0.2) is 0 Å². The van der Waals surface area contributed by atoms with E-state index in [2.05, 4.69) is 5.32 Å². The maximum absolute atomic E-state index is 11.0. The van der Waals surface area contributed by atoms with Crippen LogP contribution in [0.2, 0.25) is 0 Å². The number of hydrogen-bond acceptors (Lipinski definition) is 5. The second kappa shape index (κ2) is 6.39. The number of esters is 1. The molecule has 96 valence electrons. The quantitative estimate of drug-likeness (QED) is 0.375. The van der Waals surface area contributed by atoms with Crippen molar-refractivity contribution in [3.05, 3.63) is 46.2 Å². The van der Waals surface area contributed by atoms with Gasteiger partial charge in [-0.3, -0.25) is 10.1 Å². The molecule has 6 nitrogen and oxygen atoms in total. The first kappa shape index (κ1) is 13.7. The Kier molecular flexibility index (Phi) is 4.86. The Balaban J connectivity index is 2.77. The predicted molar refractivity (Wildman–Crippen MR) is 67.2 cm³/mol. The van der Waals surface area contributed by atoms with E-state index in [0.29, 0.717) is 17.9 Å². The van der Waals surface area contributed by atoms with Crippen LogP contribution in [0, 0.1) is 17.0 Å². The summed E-state index contributed by atoms with van der Waals surface area (Å²) in [5, 5.41) is 13.5. The zero-order valence-corrected chi connectivity index (χ0v) is 10.2. The van der Waals surface area contributed by atoms with Crippen LogP contribution in [0.4, 0.5) is 11.4 Å². The van der Waals surface area contributed by atoms with Crippen molar-refractivity contribution in [1.29, 1.82) is 0 Å². The smallest absolute Gasteiger partial charge is 0.332 e. The summed E-state index contributed by atoms with van der Waals surface area (Å²) < 4.78 is 4.70. The molecule has 0 fully saturated rings. The molecule has 0 saturated carbocycles. The third-order valence-corrected chi connectivity index (χ3v) is 2.25. The Morgan fingerprint density at radius 2 is 2.28 bits per heavy atom. The summed E-state index contributed by atoms with van der Waals surface area (Å²) in [7, 11) is 0. The summed E-state index contributed by atoms with van der Waals surface area (Å²) in [6.07, 6.45) is 2.62. The highest BCUT2D eigenvalue weighted by Crippen LogP contribution is 2.24. The molecule has 1 aromatic carbocycles. The summed E-state index contributed by atoms with van der Waals surface area (Å²) in [4.78, 5) is 21.3. The SMILES string of the molecule is CCOC(=O)/C=C\Nc1cccc([N+](=O)[O-])c1C. The summed E-state index contributed by atoms with van der Waals surface area (Å²) in [6.45, 7) is 3.65. The summed E-state index contributed by atoms with van der Waals surface area (Å²) in [6, 6.07) is 4.69. The number of anilines is 1. The van der Waals surface area contributed by atoms with Crippen LogP contribution in [-0.2, 0) is 9.53 Å². The second-order valence-corrected chi connectivity index (χ2v) is 3.44. The maximum atomic E-state index is 11.0. The van der Waals surface area contributed by atoms with Crippen LogP contribution in [-0.4, -0.2) is 17.5 Å². The summed E-state index contributed by atoms with van der Waals surface area (Å²) in [5.74, 6) is -0.465. The minimum atomic E-state index is -0.465. The Bertz CT molecular complexity index is 483. The zero-order valence-electron chi connectivity index (χ0n) is 10.2. The highest BCUT2D eigenvalue weighted by molar-refractivity contribution is 5.82. The van der Waals surface area contributed by atoms with Gasteiger partial charge < -0.3 is 10.1 Å². The minimum Gasteiger partial charge on any atom is -0.463 e. The molecule has 18 heavy (non-hydrogen) atoms. The predicted octanol–water partition coefficient (Wildman–Crippen LogP) is 2.39. The van der Waals surface area contributed by atoms with E-state index in [1.807, 2.05) is 0 Å². The molecule has 0 heterocycles. The first-order valence-electron chi connectivity index (χ1n) is 5.40. The summed E-state index contributed by atoms with van der Waals surface area (Å²) >= 11 is 0. The first-order chi connectivity index (χ1) is 8.56. The molecule has 0 atom stereocenters. The molecule has 6 heteroatoms. The molecule has 0 bridgehead atoms. The molecule has 0 unspecified atom stereocenters. The van der Waals surface area contributed by atoms with Crippen molar-refractivity contribution in [2.75, 3.05) is 11.9 Å². The van der Waals surface area contributed by atoms with Crippen LogP contribution in [0.15, 0.2) is 30.5 Å². The average Bonchev–Trinajstić information content (AvgIpc) is 2.31. The van der Waals surface area contributed by atoms with E-state index in [4.69, 9.17) is 4.74 Å². The van der Waals surface area contributed by atoms with Crippen LogP contribution in [0.1, 0.15) is 12.5 Å². The molecule has 0 spiro atoms. The van der Waals surface area contributed by atoms with Gasteiger partial charge in [0, 0.05) is 24.0 Å². The Morgan fingerprint density at radius 1 is 1.56 bits per heavy atom. The summed E-state index contributed by atoms with van der Waals surface area (Å²) in [5.41, 5.74) is 1.12. The van der Waals surface area contributed by atoms with Crippen LogP contribution in [0.3, 0.4) is 0 Å². The van der Waals surface area contributed by atoms with Gasteiger partial charge in [-0.2, -0.15) is 0 Å². The number of carbonyl (C=O) groups is 1. The lowest BCUT2D eigenvalue weighted by atomic mass is 10.1. The molecule has 0 radical (unpaired) electrons. The van der Waals surface area contributed by atoms with Crippen LogP contribution >= 0.6 is 0 Å². The molecule has 0 aliphatic heterocycles. The zero-order chi connectivity index (χ0) is 13.5. The normalized spacial score (nSPS) is 10.3. The van der Waals surface area contributed by atoms with E-state index in [1.54, 1.807) is 26.0 Å². The molecular weight excluding hydrogens is 236 g/mol. The lowest BCUT2D eigenvalue weighted by Gasteiger charge is -2.05. The fraction of sp³-hybridized carbons (Fsp3) is 0.250. The monoisotopic (exact) mass is 250 g/mol. The molecule has 1 rings (SSSR count). The van der Waals surface area contributed by atoms with Crippen molar-refractivity contribution in [2.45, 2.75) is 13.8 Å². The lowest BCUT2D eigenvalue weighted by Crippen LogP contribution is -2.01. The van der Waals surface area contributed by atoms with Gasteiger partial charge in [0.2, 0.25) is 0 Å². The largest absolute Gasteiger partial charge is 0.463 e. The first-order valence-corrected chi connectivity index (χ1v) is 5.40. The molecule has 1 N–H and O–H groups in total. The average molecular weight is 250 g/mol. The van der Waals surface area contributed by atoms with E-state index < -0.39 is 10.9 Å². The Morgan fingerprint density at radius 3 is 2.89 bits per heavy atom. The fourth-order valence-corrected chi connectivity index (χ4v) is 1.37. The minimum absolute atomic E-state index is 0.0320. The Hall–Kier alpha value is -2.37. The van der Waals surface area contributed by atoms with Crippen molar-refractivity contribution < 1.29 is 14.5 Å². The number of hydrogen-bond donors (Lipinski definition) is 1. The van der Waals surface area contributed by atoms with E-state index in [-0.39, 0.29) is 5.69 Å². The highest BCUT2D eigenvalue weighted by atomic mass is 16.6. The van der Waals surface area contributed by atoms with Gasteiger partial charge in [0.25, 0.3) is 5.69 Å². The van der Waals surface area contributed by atoms with Crippen LogP contribution in [0.25, 0.3) is 0 Å². The molecule has 0 amide bonds. The highest BCUT2D eigenvalue weighted by Gasteiger charge is 2.12. The number of nitrogens with zero attached hydrogens (tertiary/aromatic N) is 1. The molecule has 1 aromatic rings. The lowest BCUT2D eigenvalue weighted by molar-refractivity contribution is -0.385. The van der Waals surface area contributed by atoms with Gasteiger partial charge in [-0.25, -0.2) is 4.79 Å². The molecule has 0 saturated heterocycles. The number of ether oxygens (including phenoxy) is 1. The third-order valence-electron chi connectivity index (χ3n) is 2.25. The number of benzene rings is 1. The fourth-order valence-electron chi connectivity index (χ4n) is 1.37. The molecule has 0 aliphatic rings. The van der Waals surface area contributed by atoms with Crippen molar-refractivity contribution in [3.8, 4) is 0 Å². The van der Waals surface area contributed by atoms with Crippen molar-refractivity contribution >= 4 is 17.3 Å². The van der Waals surface area contributed by atoms with E-state index in [9.17, 15) is 14.9 Å². The number of rotatable bonds is 5. The van der Waals surface area contributed by atoms with Gasteiger partial charge >= 0.3 is 5.97 Å². The van der Waals surface area contributed by atoms with E-state index in [0.717, 1.165) is 0 Å². The van der Waals surface area contributed by atoms with Crippen molar-refractivity contribution in [1.82, 2.24) is 0 Å². The number of nitro groups is 1. The standard InChI is InChI=1S/C12H14N2O4/c1-3-18-12(15)7-8-13-10-5-4-6-11(9(10)2)14(16)17/h4-8,13H,3H2,1-2H3/b8-7-. The van der Waals surface area contributed by atoms with Gasteiger partial charge in [-0.1, -0.05) is 6.07 Å². The van der Waals surface area contributed by atoms with E-state index >= 15 is 0 Å². The van der Waals surface area contributed by atoms with Gasteiger partial charge in [-0.15, -0.1) is 0 Å². The molecule has 0 aliphatic carbocycles. The van der Waals surface area contributed by atoms with Gasteiger partial charge in [0.05, 0.1) is 17.1 Å². The van der Waals surface area contributed by atoms with Crippen molar-refractivity contribution in [2.24, 2.45) is 0 Å². The topological polar surface area (TPSA) is 81.5 Å². The Labute approximate surface area is 104 Å². The number of carbonyl (C=O) groups excluding carboxylic acids is 1. The number of nitro benzene ring substituents is 1. The van der Waals surface area contributed by atoms with E-state index in [1.165, 1.54) is 18.3 Å². The van der Waals surface area contributed by atoms with Gasteiger partial charge in [0.1, 0.15) is 0 Å². The van der Waals surface area contributed by atoms with Crippen LogP contribution in [0.5, 0.6) is 0 Å². The van der Waals surface area contributed by atoms with Gasteiger partial charge in [-0.05, 0) is 19.9 Å². The number of nitrogens with one attached hydrogen (secondary N) is 1. The molecular formula is C12H14N2O4. The second-order valence-electron chi connectivity index (χ2n) is 3.44. The third kappa shape index (κ3) is 3.58. The van der Waals surface area contributed by atoms with Crippen molar-refractivity contribution in [3.63, 3.8) is 0 Å². The van der Waals surface area contributed by atoms with Crippen LogP contribution < -0.4 is 5.32 Å².